The van der Waals surface area contributed by atoms with Crippen LogP contribution in [0.3, 0.4) is 0 Å². The Morgan fingerprint density at radius 1 is 0.509 bits per heavy atom. The standard InChI is InChI=1S/C28H20NO4.C15H12NO2.Co.O/c30-26-24-20-6-7-21(16-20)25(24)27(31)29(26)22-12-8-19(9-13-22)28(32)33-23-14-10-18(11-15-23)17-4-2-1-3-5-17;17-14-12-9-6-7-10(8-9)13(12)15(18)16(14)11-4-2-1-3-5-11;;/h2-15,20-21,24-25H,16H2;2-7,9-10,12-13H,8H2;;. The van der Waals surface area contributed by atoms with Crippen molar-refractivity contribution < 1.29 is 46.2 Å². The number of hydrogen-bond acceptors (Lipinski definition) is 7. The van der Waals surface area contributed by atoms with Gasteiger partial charge in [0.1, 0.15) is 0 Å². The van der Waals surface area contributed by atoms with E-state index in [1.165, 1.54) is 9.80 Å². The Balaban J connectivity index is 0.767. The van der Waals surface area contributed by atoms with E-state index < -0.39 is 19.6 Å². The van der Waals surface area contributed by atoms with Crippen LogP contribution >= 0.6 is 0 Å². The number of nitrogens with zero attached hydrogens (tertiary/aromatic N) is 2. The molecule has 2 saturated heterocycles. The third kappa shape index (κ3) is 4.92. The number of benzene rings is 4. The maximum absolute atomic E-state index is 13.5. The van der Waals surface area contributed by atoms with Crippen LogP contribution < -0.4 is 23.5 Å². The first-order chi connectivity index (χ1) is 25.7. The van der Waals surface area contributed by atoms with Crippen LogP contribution in [0.5, 0.6) is 5.75 Å². The van der Waals surface area contributed by atoms with Gasteiger partial charge in [0.2, 0.25) is 11.8 Å². The SMILES string of the molecule is O=C(Oc1ccc(-c2cc[c]([Co](=[O])[c]3ccc(N4C(=O)C5C6C=CC(C6)C5C4=O)cc3)cc2)cc1)c1ccc(N2C(=O)C3C4C=CC(C4)C3C2=O)cc1. The quantitative estimate of drug-likeness (QED) is 0.112. The van der Waals surface area contributed by atoms with Gasteiger partial charge in [0.05, 0.1) is 17.5 Å². The fraction of sp³-hybridized carbons (Fsp3) is 0.233. The first kappa shape index (κ1) is 32.1. The van der Waals surface area contributed by atoms with Gasteiger partial charge in [0.25, 0.3) is 0 Å². The Kier molecular flexibility index (Phi) is 7.25. The van der Waals surface area contributed by atoms with E-state index in [0.29, 0.717) is 31.7 Å². The van der Waals surface area contributed by atoms with Crippen molar-refractivity contribution in [3.05, 3.63) is 127 Å². The van der Waals surface area contributed by atoms with Crippen LogP contribution in [0, 0.1) is 47.3 Å². The van der Waals surface area contributed by atoms with E-state index in [4.69, 9.17) is 4.74 Å². The van der Waals surface area contributed by atoms with Crippen molar-refractivity contribution in [1.29, 1.82) is 0 Å². The molecule has 10 heteroatoms. The zero-order valence-corrected chi connectivity index (χ0v) is 29.2. The van der Waals surface area contributed by atoms with Gasteiger partial charge in [-0.05, 0) is 30.4 Å². The summed E-state index contributed by atoms with van der Waals surface area (Å²) in [5, 5.41) is 0. The summed E-state index contributed by atoms with van der Waals surface area (Å²) in [5.74, 6) is -1.35. The predicted octanol–water partition coefficient (Wildman–Crippen LogP) is 5.11. The zero-order valence-electron chi connectivity index (χ0n) is 28.2. The van der Waals surface area contributed by atoms with Crippen LogP contribution in [0.4, 0.5) is 11.4 Å². The molecule has 4 fully saturated rings. The van der Waals surface area contributed by atoms with Crippen LogP contribution in [0.25, 0.3) is 11.1 Å². The maximum atomic E-state index is 13.5. The molecule has 8 atom stereocenters. The van der Waals surface area contributed by atoms with Gasteiger partial charge < -0.3 is 0 Å². The van der Waals surface area contributed by atoms with Crippen molar-refractivity contribution in [2.75, 3.05) is 9.80 Å². The van der Waals surface area contributed by atoms with Crippen LogP contribution in [0.2, 0.25) is 0 Å². The molecule has 4 bridgehead atoms. The fourth-order valence-electron chi connectivity index (χ4n) is 9.47. The van der Waals surface area contributed by atoms with Crippen molar-refractivity contribution in [3.63, 3.8) is 0 Å². The first-order valence-electron chi connectivity index (χ1n) is 17.8. The number of ether oxygens (including phenoxy) is 1. The molecule has 4 aliphatic carbocycles. The summed E-state index contributed by atoms with van der Waals surface area (Å²) in [4.78, 5) is 68.1. The van der Waals surface area contributed by atoms with Gasteiger partial charge in [-0.15, -0.1) is 0 Å². The second-order valence-corrected chi connectivity index (χ2v) is 16.5. The van der Waals surface area contributed by atoms with Crippen molar-refractivity contribution in [3.8, 4) is 16.9 Å². The van der Waals surface area contributed by atoms with E-state index >= 15 is 0 Å². The third-order valence-corrected chi connectivity index (χ3v) is 13.7. The Labute approximate surface area is 308 Å². The number of rotatable bonds is 7. The number of esters is 1. The number of allylic oxidation sites excluding steroid dienone is 4. The molecule has 8 unspecified atom stereocenters. The molecule has 10 rings (SSSR count). The van der Waals surface area contributed by atoms with Crippen LogP contribution in [0.1, 0.15) is 23.2 Å². The molecule has 2 aliphatic heterocycles. The molecular weight excluding hydrogens is 715 g/mol. The van der Waals surface area contributed by atoms with E-state index in [2.05, 4.69) is 24.3 Å². The van der Waals surface area contributed by atoms with Gasteiger partial charge in [-0.2, -0.15) is 0 Å². The summed E-state index contributed by atoms with van der Waals surface area (Å²) < 4.78 is 20.3. The molecule has 0 spiro atoms. The molecule has 2 heterocycles. The second-order valence-electron chi connectivity index (χ2n) is 14.6. The molecule has 0 aromatic heterocycles. The molecule has 4 aromatic carbocycles. The van der Waals surface area contributed by atoms with Crippen molar-refractivity contribution >= 4 is 50.0 Å². The van der Waals surface area contributed by atoms with Gasteiger partial charge >= 0.3 is 224 Å². The molecule has 6 aliphatic rings. The summed E-state index contributed by atoms with van der Waals surface area (Å²) in [7, 11) is 0. The van der Waals surface area contributed by atoms with E-state index in [1.807, 2.05) is 36.4 Å². The van der Waals surface area contributed by atoms with Crippen molar-refractivity contribution in [2.45, 2.75) is 12.8 Å². The minimum Gasteiger partial charge on any atom is -0.274 e. The van der Waals surface area contributed by atoms with E-state index in [-0.39, 0.29) is 71.0 Å². The molecule has 53 heavy (non-hydrogen) atoms. The zero-order chi connectivity index (χ0) is 36.1. The van der Waals surface area contributed by atoms with Gasteiger partial charge in [-0.3, -0.25) is 14.5 Å². The monoisotopic (exact) mass is 747 g/mol. The minimum absolute atomic E-state index is 0.130. The third-order valence-electron chi connectivity index (χ3n) is 11.9. The Hall–Kier alpha value is -5.58. The summed E-state index contributed by atoms with van der Waals surface area (Å²) >= 11 is -1.88. The molecular formula is C43H32CoN2O7. The number of anilines is 2. The summed E-state index contributed by atoms with van der Waals surface area (Å²) in [6.07, 6.45) is 10.0. The predicted molar refractivity (Wildman–Crippen MR) is 190 cm³/mol. The molecule has 0 N–H and O–H groups in total. The van der Waals surface area contributed by atoms with Gasteiger partial charge in [-0.25, -0.2) is 0 Å². The average molecular weight is 748 g/mol. The number of imide groups is 2. The number of fused-ring (bicyclic) bond motifs is 10. The number of carbonyl (C=O) groups is 5. The molecule has 0 radical (unpaired) electrons. The van der Waals surface area contributed by atoms with Crippen LogP contribution in [-0.2, 0) is 36.6 Å². The van der Waals surface area contributed by atoms with Gasteiger partial charge in [0.15, 0.2) is 0 Å². The number of hydrogen-bond donors (Lipinski definition) is 0. The topological polar surface area (TPSA) is 118 Å². The van der Waals surface area contributed by atoms with Gasteiger partial charge in [-0.1, -0.05) is 12.2 Å². The summed E-state index contributed by atoms with van der Waals surface area (Å²) in [5.41, 5.74) is 3.04. The molecule has 265 valence electrons. The fourth-order valence-corrected chi connectivity index (χ4v) is 10.8. The Bertz CT molecular complexity index is 2270. The van der Waals surface area contributed by atoms with Gasteiger partial charge in [0, 0.05) is 0 Å². The normalized spacial score (nSPS) is 29.0. The number of carbonyl (C=O) groups excluding carboxylic acids is 5. The molecule has 9 nitrogen and oxygen atoms in total. The summed E-state index contributed by atoms with van der Waals surface area (Å²) in [6.45, 7) is 0. The van der Waals surface area contributed by atoms with E-state index in [1.54, 1.807) is 60.7 Å². The van der Waals surface area contributed by atoms with Crippen LogP contribution in [-0.4, -0.2) is 29.6 Å². The molecule has 2 saturated carbocycles. The van der Waals surface area contributed by atoms with Crippen LogP contribution in [0.15, 0.2) is 121 Å². The van der Waals surface area contributed by atoms with E-state index in [9.17, 15) is 27.8 Å². The molecule has 4 aromatic rings. The number of amides is 4. The minimum atomic E-state index is -1.88. The van der Waals surface area contributed by atoms with E-state index in [0.717, 1.165) is 24.0 Å². The second kappa shape index (κ2) is 12.0. The Morgan fingerprint density at radius 2 is 0.868 bits per heavy atom. The smallest absolute Gasteiger partial charge is 0.274 e. The first-order valence-corrected chi connectivity index (χ1v) is 19.3. The summed E-state index contributed by atoms with van der Waals surface area (Å²) in [6, 6.07) is 27.6. The molecule has 4 amide bonds. The Morgan fingerprint density at radius 3 is 1.28 bits per heavy atom. The van der Waals surface area contributed by atoms with Crippen molar-refractivity contribution in [2.24, 2.45) is 47.3 Å². The van der Waals surface area contributed by atoms with Crippen molar-refractivity contribution in [1.82, 2.24) is 0 Å². The average Bonchev–Trinajstić information content (AvgIpc) is 4.05.